The Balaban J connectivity index is 1.84. The molecule has 0 radical (unpaired) electrons. The van der Waals surface area contributed by atoms with E-state index in [0.717, 1.165) is 36.4 Å². The van der Waals surface area contributed by atoms with E-state index < -0.39 is 5.60 Å². The van der Waals surface area contributed by atoms with Gasteiger partial charge < -0.3 is 19.9 Å². The van der Waals surface area contributed by atoms with E-state index in [4.69, 9.17) is 9.47 Å². The van der Waals surface area contributed by atoms with Crippen molar-refractivity contribution in [3.05, 3.63) is 23.8 Å². The van der Waals surface area contributed by atoms with E-state index in [0.29, 0.717) is 13.3 Å². The second-order valence-corrected chi connectivity index (χ2v) is 5.04. The third kappa shape index (κ3) is 3.37. The highest BCUT2D eigenvalue weighted by atomic mass is 16.7. The molecule has 1 aromatic carbocycles. The topological polar surface area (TPSA) is 50.7 Å². The van der Waals surface area contributed by atoms with Crippen LogP contribution in [0.5, 0.6) is 11.5 Å². The molecule has 2 N–H and O–H groups in total. The van der Waals surface area contributed by atoms with Gasteiger partial charge in [0.2, 0.25) is 6.79 Å². The number of hydrogen-bond acceptors (Lipinski definition) is 4. The molecule has 1 unspecified atom stereocenters. The molecule has 0 amide bonds. The lowest BCUT2D eigenvalue weighted by Gasteiger charge is -2.23. The maximum absolute atomic E-state index is 10.0. The summed E-state index contributed by atoms with van der Waals surface area (Å²) in [5.74, 6) is 1.60. The Kier molecular flexibility index (Phi) is 4.09. The summed E-state index contributed by atoms with van der Waals surface area (Å²) in [5.41, 5.74) is 0.497. The zero-order chi connectivity index (χ0) is 13.0. The van der Waals surface area contributed by atoms with Crippen LogP contribution >= 0.6 is 0 Å². The molecule has 1 atom stereocenters. The Bertz CT molecular complexity index is 404. The van der Waals surface area contributed by atoms with E-state index in [-0.39, 0.29) is 0 Å². The van der Waals surface area contributed by atoms with Crippen LogP contribution in [0.25, 0.3) is 0 Å². The molecule has 1 aromatic rings. The number of benzene rings is 1. The first-order valence-electron chi connectivity index (χ1n) is 6.42. The van der Waals surface area contributed by atoms with Crippen LogP contribution in [0.4, 0.5) is 0 Å². The summed E-state index contributed by atoms with van der Waals surface area (Å²) in [7, 11) is 0. The minimum Gasteiger partial charge on any atom is -0.454 e. The van der Waals surface area contributed by atoms with Gasteiger partial charge in [-0.3, -0.25) is 0 Å². The number of nitrogens with one attached hydrogen (secondary N) is 1. The van der Waals surface area contributed by atoms with Crippen molar-refractivity contribution in [1.29, 1.82) is 0 Å². The van der Waals surface area contributed by atoms with Gasteiger partial charge in [-0.2, -0.15) is 0 Å². The maximum Gasteiger partial charge on any atom is 0.231 e. The molecule has 2 rings (SSSR count). The van der Waals surface area contributed by atoms with Crippen LogP contribution in [0.15, 0.2) is 18.2 Å². The van der Waals surface area contributed by atoms with E-state index in [1.54, 1.807) is 0 Å². The van der Waals surface area contributed by atoms with Crippen molar-refractivity contribution in [2.24, 2.45) is 0 Å². The van der Waals surface area contributed by atoms with Crippen LogP contribution in [0.1, 0.15) is 32.3 Å². The van der Waals surface area contributed by atoms with Crippen molar-refractivity contribution in [2.45, 2.75) is 38.8 Å². The van der Waals surface area contributed by atoms with Gasteiger partial charge in [0.25, 0.3) is 0 Å². The summed E-state index contributed by atoms with van der Waals surface area (Å²) in [6, 6.07) is 5.91. The van der Waals surface area contributed by atoms with Crippen LogP contribution < -0.4 is 14.8 Å². The SMILES string of the molecule is CCCC(C)(O)CNCc1ccc2c(c1)OCO2. The fourth-order valence-electron chi connectivity index (χ4n) is 2.15. The van der Waals surface area contributed by atoms with Crippen LogP contribution in [-0.4, -0.2) is 24.0 Å². The first-order chi connectivity index (χ1) is 8.61. The van der Waals surface area contributed by atoms with Gasteiger partial charge in [-0.1, -0.05) is 19.4 Å². The zero-order valence-electron chi connectivity index (χ0n) is 11.0. The van der Waals surface area contributed by atoms with Gasteiger partial charge in [-0.25, -0.2) is 0 Å². The van der Waals surface area contributed by atoms with Crippen LogP contribution in [-0.2, 0) is 6.54 Å². The van der Waals surface area contributed by atoms with Crippen LogP contribution in [0.2, 0.25) is 0 Å². The average Bonchev–Trinajstić information content (AvgIpc) is 2.75. The summed E-state index contributed by atoms with van der Waals surface area (Å²) in [6.07, 6.45) is 1.79. The number of fused-ring (bicyclic) bond motifs is 1. The highest BCUT2D eigenvalue weighted by Crippen LogP contribution is 2.32. The van der Waals surface area contributed by atoms with Crippen molar-refractivity contribution in [3.8, 4) is 11.5 Å². The van der Waals surface area contributed by atoms with Gasteiger partial charge in [0.05, 0.1) is 5.60 Å². The van der Waals surface area contributed by atoms with Gasteiger partial charge >= 0.3 is 0 Å². The van der Waals surface area contributed by atoms with Gasteiger partial charge in [0, 0.05) is 13.1 Å². The van der Waals surface area contributed by atoms with Crippen molar-refractivity contribution in [3.63, 3.8) is 0 Å². The fourth-order valence-corrected chi connectivity index (χ4v) is 2.15. The number of aliphatic hydroxyl groups is 1. The molecule has 0 saturated heterocycles. The number of rotatable bonds is 6. The molecule has 1 aliphatic rings. The first-order valence-corrected chi connectivity index (χ1v) is 6.42. The van der Waals surface area contributed by atoms with Gasteiger partial charge in [-0.05, 0) is 31.0 Å². The first kappa shape index (κ1) is 13.2. The molecular formula is C14H21NO3. The highest BCUT2D eigenvalue weighted by Gasteiger charge is 2.18. The summed E-state index contributed by atoms with van der Waals surface area (Å²) in [5, 5.41) is 13.3. The Hall–Kier alpha value is -1.26. The lowest BCUT2D eigenvalue weighted by atomic mass is 10.0. The largest absolute Gasteiger partial charge is 0.454 e. The predicted molar refractivity (Wildman–Crippen MR) is 69.8 cm³/mol. The van der Waals surface area contributed by atoms with Gasteiger partial charge in [0.1, 0.15) is 0 Å². The smallest absolute Gasteiger partial charge is 0.231 e. The van der Waals surface area contributed by atoms with Crippen LogP contribution in [0.3, 0.4) is 0 Å². The van der Waals surface area contributed by atoms with Crippen molar-refractivity contribution >= 4 is 0 Å². The molecule has 1 heterocycles. The molecule has 100 valence electrons. The normalized spacial score (nSPS) is 16.6. The second-order valence-electron chi connectivity index (χ2n) is 5.04. The van der Waals surface area contributed by atoms with Crippen molar-refractivity contribution < 1.29 is 14.6 Å². The van der Waals surface area contributed by atoms with E-state index in [2.05, 4.69) is 12.2 Å². The molecule has 0 aromatic heterocycles. The Morgan fingerprint density at radius 1 is 1.33 bits per heavy atom. The summed E-state index contributed by atoms with van der Waals surface area (Å²) >= 11 is 0. The molecule has 0 spiro atoms. The van der Waals surface area contributed by atoms with Crippen LogP contribution in [0, 0.1) is 0 Å². The van der Waals surface area contributed by atoms with E-state index in [9.17, 15) is 5.11 Å². The summed E-state index contributed by atoms with van der Waals surface area (Å²) < 4.78 is 10.6. The minimum atomic E-state index is -0.634. The van der Waals surface area contributed by atoms with E-state index in [1.807, 2.05) is 25.1 Å². The van der Waals surface area contributed by atoms with Crippen molar-refractivity contribution in [1.82, 2.24) is 5.32 Å². The van der Waals surface area contributed by atoms with E-state index in [1.165, 1.54) is 0 Å². The molecule has 1 aliphatic heterocycles. The zero-order valence-corrected chi connectivity index (χ0v) is 11.0. The lowest BCUT2D eigenvalue weighted by molar-refractivity contribution is 0.0498. The molecule has 0 fully saturated rings. The molecule has 0 saturated carbocycles. The average molecular weight is 251 g/mol. The minimum absolute atomic E-state index is 0.303. The number of ether oxygens (including phenoxy) is 2. The number of hydrogen-bond donors (Lipinski definition) is 2. The molecule has 0 aliphatic carbocycles. The molecular weight excluding hydrogens is 230 g/mol. The standard InChI is InChI=1S/C14H21NO3/c1-3-6-14(2,16)9-15-8-11-4-5-12-13(7-11)18-10-17-12/h4-5,7,15-16H,3,6,8-10H2,1-2H3. The third-order valence-corrected chi connectivity index (χ3v) is 3.06. The van der Waals surface area contributed by atoms with E-state index >= 15 is 0 Å². The highest BCUT2D eigenvalue weighted by molar-refractivity contribution is 5.44. The second kappa shape index (κ2) is 5.59. The Morgan fingerprint density at radius 3 is 2.89 bits per heavy atom. The Morgan fingerprint density at radius 2 is 2.11 bits per heavy atom. The van der Waals surface area contributed by atoms with Crippen molar-refractivity contribution in [2.75, 3.05) is 13.3 Å². The van der Waals surface area contributed by atoms with Gasteiger partial charge in [0.15, 0.2) is 11.5 Å². The third-order valence-electron chi connectivity index (χ3n) is 3.06. The molecule has 18 heavy (non-hydrogen) atoms. The predicted octanol–water partition coefficient (Wildman–Crippen LogP) is 2.06. The maximum atomic E-state index is 10.0. The fraction of sp³-hybridized carbons (Fsp3) is 0.571. The molecule has 4 nitrogen and oxygen atoms in total. The summed E-state index contributed by atoms with van der Waals surface area (Å²) in [4.78, 5) is 0. The quantitative estimate of drug-likeness (QED) is 0.812. The lowest BCUT2D eigenvalue weighted by Crippen LogP contribution is -2.37. The summed E-state index contributed by atoms with van der Waals surface area (Å²) in [6.45, 7) is 5.55. The monoisotopic (exact) mass is 251 g/mol. The molecule has 4 heteroatoms. The van der Waals surface area contributed by atoms with Gasteiger partial charge in [-0.15, -0.1) is 0 Å². The Labute approximate surface area is 108 Å². The molecule has 0 bridgehead atoms.